The van der Waals surface area contributed by atoms with Crippen molar-refractivity contribution in [2.75, 3.05) is 0 Å². The average molecular weight is 547 g/mol. The van der Waals surface area contributed by atoms with Crippen LogP contribution in [0.2, 0.25) is 0 Å². The Morgan fingerprint density at radius 3 is 2.05 bits per heavy atom. The Morgan fingerprint density at radius 2 is 1.35 bits per heavy atom. The summed E-state index contributed by atoms with van der Waals surface area (Å²) in [6.45, 7) is 15.3. The molecule has 2 aliphatic rings. The van der Waals surface area contributed by atoms with E-state index in [0.29, 0.717) is 23.5 Å². The fourth-order valence-corrected chi connectivity index (χ4v) is 6.40. The Morgan fingerprint density at radius 1 is 0.725 bits per heavy atom. The third-order valence-corrected chi connectivity index (χ3v) is 9.08. The molecule has 2 aromatic rings. The topological polar surface area (TPSA) is 59.9 Å². The first-order valence-corrected chi connectivity index (χ1v) is 16.3. The number of carbonyl (C=O) groups excluding carboxylic acids is 2. The minimum atomic E-state index is 0.145. The van der Waals surface area contributed by atoms with E-state index >= 15 is 0 Å². The summed E-state index contributed by atoms with van der Waals surface area (Å²) in [5, 5.41) is 0. The van der Waals surface area contributed by atoms with Crippen LogP contribution in [0.4, 0.5) is 0 Å². The first-order valence-electron chi connectivity index (χ1n) is 16.3. The number of unbranched alkanes of at least 4 members (excludes halogenated alkanes) is 5. The van der Waals surface area contributed by atoms with Crippen LogP contribution in [0.25, 0.3) is 0 Å². The predicted octanol–water partition coefficient (Wildman–Crippen LogP) is 10.0. The van der Waals surface area contributed by atoms with E-state index in [1.165, 1.54) is 51.4 Å². The molecule has 2 aliphatic carbocycles. The van der Waals surface area contributed by atoms with Gasteiger partial charge in [-0.05, 0) is 80.5 Å². The molecule has 2 heterocycles. The second-order valence-corrected chi connectivity index (χ2v) is 12.6. The molecule has 0 radical (unpaired) electrons. The minimum Gasteiger partial charge on any atom is -0.294 e. The number of ketones is 2. The summed E-state index contributed by atoms with van der Waals surface area (Å²) < 4.78 is 0. The molecule has 0 saturated carbocycles. The summed E-state index contributed by atoms with van der Waals surface area (Å²) in [7, 11) is 0. The maximum Gasteiger partial charge on any atom is 0.167 e. The summed E-state index contributed by atoms with van der Waals surface area (Å²) in [6.07, 6.45) is 14.0. The van der Waals surface area contributed by atoms with E-state index in [2.05, 4.69) is 53.7 Å². The highest BCUT2D eigenvalue weighted by Gasteiger charge is 2.32. The summed E-state index contributed by atoms with van der Waals surface area (Å²) in [6, 6.07) is 8.17. The number of pyridine rings is 2. The Hall–Kier alpha value is -2.36. The number of aromatic nitrogens is 2. The molecule has 0 aromatic carbocycles. The first-order chi connectivity index (χ1) is 19.2. The molecule has 4 rings (SSSR count). The van der Waals surface area contributed by atoms with Gasteiger partial charge in [0.15, 0.2) is 11.6 Å². The van der Waals surface area contributed by atoms with Gasteiger partial charge in [0.05, 0.1) is 11.4 Å². The van der Waals surface area contributed by atoms with Gasteiger partial charge in [0.1, 0.15) is 0 Å². The maximum absolute atomic E-state index is 12.4. The van der Waals surface area contributed by atoms with Crippen LogP contribution in [0.1, 0.15) is 180 Å². The van der Waals surface area contributed by atoms with Gasteiger partial charge in [-0.3, -0.25) is 19.6 Å². The number of nitrogens with zero attached hydrogens (tertiary/aromatic N) is 2. The molecule has 5 unspecified atom stereocenters. The lowest BCUT2D eigenvalue weighted by molar-refractivity contribution is 0.0886. The molecule has 0 spiro atoms. The third kappa shape index (κ3) is 8.10. The minimum absolute atomic E-state index is 0.145. The lowest BCUT2D eigenvalue weighted by atomic mass is 9.78. The van der Waals surface area contributed by atoms with Crippen molar-refractivity contribution in [2.45, 2.75) is 143 Å². The van der Waals surface area contributed by atoms with Gasteiger partial charge in [0.25, 0.3) is 0 Å². The van der Waals surface area contributed by atoms with E-state index in [9.17, 15) is 9.59 Å². The summed E-state index contributed by atoms with van der Waals surface area (Å²) >= 11 is 0. The van der Waals surface area contributed by atoms with E-state index in [-0.39, 0.29) is 17.6 Å². The van der Waals surface area contributed by atoms with Crippen LogP contribution in [0.15, 0.2) is 24.3 Å². The number of aryl methyl sites for hydroxylation is 1. The second-order valence-electron chi connectivity index (χ2n) is 12.6. The Labute approximate surface area is 244 Å². The highest BCUT2D eigenvalue weighted by atomic mass is 16.1. The zero-order valence-corrected chi connectivity index (χ0v) is 26.4. The average Bonchev–Trinajstić information content (AvgIpc) is 2.96. The SMILES string of the molecule is CCCCCC(C)c1ccc2c(n1)C(C)CC(C)C2=O.CCCCCCc1ccc2c(n1)C(C)CC(CC)C2=O. The molecule has 40 heavy (non-hydrogen) atoms. The molecule has 4 nitrogen and oxygen atoms in total. The fraction of sp³-hybridized carbons (Fsp3) is 0.667. The number of Topliss-reactive ketones (excluding diaryl/α,β-unsaturated/α-hetero) is 2. The van der Waals surface area contributed by atoms with E-state index in [1.54, 1.807) is 0 Å². The van der Waals surface area contributed by atoms with Gasteiger partial charge in [-0.1, -0.05) is 87.0 Å². The highest BCUT2D eigenvalue weighted by Crippen LogP contribution is 2.36. The second kappa shape index (κ2) is 15.6. The lowest BCUT2D eigenvalue weighted by Crippen LogP contribution is -2.25. The Bertz CT molecular complexity index is 1120. The Balaban J connectivity index is 0.000000220. The van der Waals surface area contributed by atoms with Crippen LogP contribution in [0.5, 0.6) is 0 Å². The zero-order chi connectivity index (χ0) is 29.2. The van der Waals surface area contributed by atoms with Gasteiger partial charge in [-0.2, -0.15) is 0 Å². The molecule has 4 heteroatoms. The van der Waals surface area contributed by atoms with Crippen molar-refractivity contribution in [1.29, 1.82) is 0 Å². The quantitative estimate of drug-likeness (QED) is 0.263. The summed E-state index contributed by atoms with van der Waals surface area (Å²) in [5.74, 6) is 2.25. The molecule has 2 aromatic heterocycles. The van der Waals surface area contributed by atoms with Crippen LogP contribution in [-0.4, -0.2) is 21.5 Å². The van der Waals surface area contributed by atoms with E-state index in [4.69, 9.17) is 9.97 Å². The molecule has 0 amide bonds. The summed E-state index contributed by atoms with van der Waals surface area (Å²) in [4.78, 5) is 34.2. The molecule has 0 N–H and O–H groups in total. The number of hydrogen-bond donors (Lipinski definition) is 0. The van der Waals surface area contributed by atoms with Crippen molar-refractivity contribution in [2.24, 2.45) is 11.8 Å². The molecular formula is C36H54N2O2. The van der Waals surface area contributed by atoms with Gasteiger partial charge < -0.3 is 0 Å². The normalized spacial score (nSPS) is 22.7. The van der Waals surface area contributed by atoms with Crippen LogP contribution < -0.4 is 0 Å². The number of fused-ring (bicyclic) bond motifs is 2. The zero-order valence-electron chi connectivity index (χ0n) is 26.4. The Kier molecular flexibility index (Phi) is 12.5. The fourth-order valence-electron chi connectivity index (χ4n) is 6.40. The van der Waals surface area contributed by atoms with Crippen molar-refractivity contribution < 1.29 is 9.59 Å². The largest absolute Gasteiger partial charge is 0.294 e. The summed E-state index contributed by atoms with van der Waals surface area (Å²) in [5.41, 5.74) is 6.15. The number of carbonyl (C=O) groups is 2. The van der Waals surface area contributed by atoms with Crippen LogP contribution in [0.3, 0.4) is 0 Å². The number of rotatable bonds is 11. The smallest absolute Gasteiger partial charge is 0.167 e. The molecule has 0 saturated heterocycles. The lowest BCUT2D eigenvalue weighted by Gasteiger charge is -2.27. The van der Waals surface area contributed by atoms with Crippen molar-refractivity contribution in [3.63, 3.8) is 0 Å². The van der Waals surface area contributed by atoms with Gasteiger partial charge in [-0.15, -0.1) is 0 Å². The molecule has 0 aliphatic heterocycles. The van der Waals surface area contributed by atoms with Gasteiger partial charge >= 0.3 is 0 Å². The molecular weight excluding hydrogens is 492 g/mol. The van der Waals surface area contributed by atoms with Crippen LogP contribution >= 0.6 is 0 Å². The standard InChI is InChI=1S/2C18H27NO/c1-5-6-7-8-12(2)16-10-9-15-17(19-16)13(3)11-14(4)18(15)20;1-4-6-7-8-9-15-10-11-16-17(19-15)13(3)12-14(5-2)18(16)20/h9-10,12-14H,5-8,11H2,1-4H3;10-11,13-14H,4-9,12H2,1-3H3. The van der Waals surface area contributed by atoms with Crippen molar-refractivity contribution >= 4 is 11.6 Å². The van der Waals surface area contributed by atoms with E-state index in [1.807, 2.05) is 19.1 Å². The van der Waals surface area contributed by atoms with E-state index in [0.717, 1.165) is 59.6 Å². The highest BCUT2D eigenvalue weighted by molar-refractivity contribution is 6.00. The van der Waals surface area contributed by atoms with Crippen molar-refractivity contribution in [1.82, 2.24) is 9.97 Å². The number of hydrogen-bond acceptors (Lipinski definition) is 4. The van der Waals surface area contributed by atoms with Gasteiger partial charge in [0, 0.05) is 34.4 Å². The van der Waals surface area contributed by atoms with Crippen LogP contribution in [-0.2, 0) is 6.42 Å². The van der Waals surface area contributed by atoms with Crippen molar-refractivity contribution in [3.05, 3.63) is 58.2 Å². The van der Waals surface area contributed by atoms with Crippen molar-refractivity contribution in [3.8, 4) is 0 Å². The molecule has 220 valence electrons. The first kappa shape index (κ1) is 32.2. The van der Waals surface area contributed by atoms with Gasteiger partial charge in [-0.25, -0.2) is 0 Å². The molecule has 0 bridgehead atoms. The molecule has 5 atom stereocenters. The van der Waals surface area contributed by atoms with Gasteiger partial charge in [0.2, 0.25) is 0 Å². The predicted molar refractivity (Wildman–Crippen MR) is 167 cm³/mol. The van der Waals surface area contributed by atoms with Crippen LogP contribution in [0, 0.1) is 11.8 Å². The molecule has 0 fully saturated rings. The third-order valence-electron chi connectivity index (χ3n) is 9.08. The van der Waals surface area contributed by atoms with E-state index < -0.39 is 0 Å². The monoisotopic (exact) mass is 546 g/mol. The maximum atomic E-state index is 12.4.